The minimum Gasteiger partial charge on any atom is -0.462 e. The number of hydrogen-bond acceptors (Lipinski definition) is 10. The van der Waals surface area contributed by atoms with E-state index in [1.807, 2.05) is 34.9 Å². The Labute approximate surface area is 267 Å². The number of esters is 1. The highest BCUT2D eigenvalue weighted by atomic mass is 32.2. The van der Waals surface area contributed by atoms with Crippen LogP contribution in [0.25, 0.3) is 0 Å². The van der Waals surface area contributed by atoms with Crippen molar-refractivity contribution >= 4 is 51.6 Å². The van der Waals surface area contributed by atoms with Crippen molar-refractivity contribution in [2.75, 3.05) is 11.9 Å². The second-order valence-electron chi connectivity index (χ2n) is 10.4. The molecule has 0 spiro atoms. The normalized spacial score (nSPS) is 12.8. The second-order valence-corrected chi connectivity index (χ2v) is 12.9. The van der Waals surface area contributed by atoms with E-state index in [0.717, 1.165) is 35.3 Å². The number of ether oxygens (including phenoxy) is 1. The van der Waals surface area contributed by atoms with Crippen LogP contribution >= 0.6 is 23.1 Å². The van der Waals surface area contributed by atoms with Crippen LogP contribution in [0.1, 0.15) is 68.4 Å². The van der Waals surface area contributed by atoms with Crippen molar-refractivity contribution in [1.82, 2.24) is 20.1 Å². The third-order valence-corrected chi connectivity index (χ3v) is 9.63. The summed E-state index contributed by atoms with van der Waals surface area (Å²) < 4.78 is 7.11. The molecular weight excluding hydrogens is 617 g/mol. The van der Waals surface area contributed by atoms with E-state index in [0.29, 0.717) is 33.7 Å². The van der Waals surface area contributed by atoms with Gasteiger partial charge in [-0.15, -0.1) is 21.5 Å². The highest BCUT2D eigenvalue weighted by Gasteiger charge is 2.30. The molecule has 2 amide bonds. The van der Waals surface area contributed by atoms with Crippen LogP contribution in [0.4, 0.5) is 10.7 Å². The van der Waals surface area contributed by atoms with E-state index < -0.39 is 22.0 Å². The van der Waals surface area contributed by atoms with Gasteiger partial charge in [-0.25, -0.2) is 4.79 Å². The summed E-state index contributed by atoms with van der Waals surface area (Å²) in [5.74, 6) is -0.768. The van der Waals surface area contributed by atoms with Gasteiger partial charge in [0.25, 0.3) is 11.6 Å². The molecule has 2 heterocycles. The zero-order valence-corrected chi connectivity index (χ0v) is 26.6. The van der Waals surface area contributed by atoms with Gasteiger partial charge >= 0.3 is 5.97 Å². The van der Waals surface area contributed by atoms with Gasteiger partial charge in [-0.2, -0.15) is 0 Å². The Kier molecular flexibility index (Phi) is 9.93. The third kappa shape index (κ3) is 7.23. The predicted octanol–water partition coefficient (Wildman–Crippen LogP) is 5.32. The van der Waals surface area contributed by atoms with E-state index in [1.54, 1.807) is 20.8 Å². The number of fused-ring (bicyclic) bond motifs is 1. The first-order valence-electron chi connectivity index (χ1n) is 14.4. The molecule has 2 N–H and O–H groups in total. The van der Waals surface area contributed by atoms with Gasteiger partial charge in [-0.05, 0) is 57.2 Å². The Morgan fingerprint density at radius 2 is 1.93 bits per heavy atom. The summed E-state index contributed by atoms with van der Waals surface area (Å²) in [6.07, 6.45) is 2.62. The molecule has 45 heavy (non-hydrogen) atoms. The standard InChI is InChI=1S/C31H32N6O6S2/c1-4-43-30(40)26-22-11-8-12-24(22)45-29(26)33-27(38)19(3)44-31-35-34-25(36(31)17-20-9-6-5-7-10-20)16-32-28(39)21-14-13-18(2)23(15-21)37(41)42/h5-7,9-10,13-15,19H,4,8,11-12,16-17H2,1-3H3,(H,32,39)(H,33,38)/t19-/m0/s1. The largest absolute Gasteiger partial charge is 0.462 e. The van der Waals surface area contributed by atoms with Gasteiger partial charge in [0, 0.05) is 22.1 Å². The molecule has 234 valence electrons. The van der Waals surface area contributed by atoms with Crippen molar-refractivity contribution in [1.29, 1.82) is 0 Å². The first-order valence-corrected chi connectivity index (χ1v) is 16.1. The van der Waals surface area contributed by atoms with Crippen LogP contribution in [0.15, 0.2) is 53.7 Å². The maximum absolute atomic E-state index is 13.4. The molecule has 0 saturated carbocycles. The number of nitro benzene ring substituents is 1. The lowest BCUT2D eigenvalue weighted by atomic mass is 10.1. The van der Waals surface area contributed by atoms with Crippen molar-refractivity contribution in [2.24, 2.45) is 0 Å². The molecule has 2 aromatic carbocycles. The van der Waals surface area contributed by atoms with E-state index in [9.17, 15) is 24.5 Å². The second kappa shape index (κ2) is 14.0. The van der Waals surface area contributed by atoms with E-state index in [1.165, 1.54) is 41.3 Å². The molecule has 0 saturated heterocycles. The number of nitrogens with one attached hydrogen (secondary N) is 2. The molecule has 1 aliphatic carbocycles. The molecule has 12 nitrogen and oxygen atoms in total. The number of aryl methyl sites for hydroxylation is 2. The smallest absolute Gasteiger partial charge is 0.341 e. The highest BCUT2D eigenvalue weighted by molar-refractivity contribution is 8.00. The van der Waals surface area contributed by atoms with E-state index in [4.69, 9.17) is 4.74 Å². The van der Waals surface area contributed by atoms with E-state index in [-0.39, 0.29) is 30.3 Å². The number of nitro groups is 1. The fourth-order valence-corrected chi connectivity index (χ4v) is 7.15. The molecule has 0 bridgehead atoms. The lowest BCUT2D eigenvalue weighted by Crippen LogP contribution is -2.26. The van der Waals surface area contributed by atoms with Crippen LogP contribution in [0.3, 0.4) is 0 Å². The fraction of sp³-hybridized carbons (Fsp3) is 0.323. The van der Waals surface area contributed by atoms with E-state index >= 15 is 0 Å². The number of thiophene rings is 1. The maximum Gasteiger partial charge on any atom is 0.341 e. The number of hydrogen-bond donors (Lipinski definition) is 2. The summed E-state index contributed by atoms with van der Waals surface area (Å²) in [6.45, 7) is 5.74. The summed E-state index contributed by atoms with van der Waals surface area (Å²) in [4.78, 5) is 51.0. The minimum absolute atomic E-state index is 0.00509. The molecule has 5 rings (SSSR count). The molecule has 0 aliphatic heterocycles. The Morgan fingerprint density at radius 1 is 1.16 bits per heavy atom. The van der Waals surface area contributed by atoms with Crippen molar-refractivity contribution in [3.63, 3.8) is 0 Å². The molecular formula is C31H32N6O6S2. The summed E-state index contributed by atoms with van der Waals surface area (Å²) in [5, 5.41) is 26.1. The van der Waals surface area contributed by atoms with Gasteiger partial charge in [0.2, 0.25) is 5.91 Å². The molecule has 0 radical (unpaired) electrons. The number of benzene rings is 2. The fourth-order valence-electron chi connectivity index (χ4n) is 5.01. The highest BCUT2D eigenvalue weighted by Crippen LogP contribution is 2.40. The summed E-state index contributed by atoms with van der Waals surface area (Å²) in [6, 6.07) is 13.9. The van der Waals surface area contributed by atoms with Crippen molar-refractivity contribution < 1.29 is 24.0 Å². The Bertz CT molecular complexity index is 1750. The zero-order valence-electron chi connectivity index (χ0n) is 25.0. The molecule has 14 heteroatoms. The number of amides is 2. The third-order valence-electron chi connectivity index (χ3n) is 7.34. The quantitative estimate of drug-likeness (QED) is 0.0898. The molecule has 0 unspecified atom stereocenters. The number of nitrogens with zero attached hydrogens (tertiary/aromatic N) is 4. The van der Waals surface area contributed by atoms with Crippen LogP contribution in [-0.2, 0) is 35.5 Å². The van der Waals surface area contributed by atoms with Gasteiger partial charge in [-0.3, -0.25) is 19.7 Å². The van der Waals surface area contributed by atoms with Crippen LogP contribution in [0, 0.1) is 17.0 Å². The van der Waals surface area contributed by atoms with Gasteiger partial charge < -0.3 is 19.9 Å². The number of carbonyl (C=O) groups excluding carboxylic acids is 3. The maximum atomic E-state index is 13.4. The number of carbonyl (C=O) groups is 3. The zero-order chi connectivity index (χ0) is 32.1. The minimum atomic E-state index is -0.605. The Hall–Kier alpha value is -4.56. The van der Waals surface area contributed by atoms with Crippen LogP contribution in [0.2, 0.25) is 0 Å². The number of thioether (sulfide) groups is 1. The predicted molar refractivity (Wildman–Crippen MR) is 171 cm³/mol. The molecule has 4 aromatic rings. The number of anilines is 1. The molecule has 1 atom stereocenters. The summed E-state index contributed by atoms with van der Waals surface area (Å²) in [7, 11) is 0. The summed E-state index contributed by atoms with van der Waals surface area (Å²) in [5.41, 5.74) is 2.85. The Balaban J connectivity index is 1.33. The van der Waals surface area contributed by atoms with Crippen LogP contribution in [-0.4, -0.2) is 49.3 Å². The number of aromatic nitrogens is 3. The SMILES string of the molecule is CCOC(=O)c1c(NC(=O)[C@H](C)Sc2nnc(CNC(=O)c3ccc(C)c([N+](=O)[O-])c3)n2Cc2ccccc2)sc2c1CCC2. The molecule has 0 fully saturated rings. The van der Waals surface area contributed by atoms with Gasteiger partial charge in [0.1, 0.15) is 5.00 Å². The number of rotatable bonds is 12. The molecule has 2 aromatic heterocycles. The topological polar surface area (TPSA) is 158 Å². The summed E-state index contributed by atoms with van der Waals surface area (Å²) >= 11 is 2.63. The average molecular weight is 649 g/mol. The van der Waals surface area contributed by atoms with Gasteiger partial charge in [-0.1, -0.05) is 48.2 Å². The van der Waals surface area contributed by atoms with Crippen LogP contribution in [0.5, 0.6) is 0 Å². The van der Waals surface area contributed by atoms with Crippen molar-refractivity contribution in [3.8, 4) is 0 Å². The van der Waals surface area contributed by atoms with Gasteiger partial charge in [0.05, 0.1) is 35.4 Å². The average Bonchev–Trinajstić information content (AvgIpc) is 3.71. The molecule has 1 aliphatic rings. The van der Waals surface area contributed by atoms with Crippen molar-refractivity contribution in [3.05, 3.63) is 97.2 Å². The monoisotopic (exact) mass is 648 g/mol. The van der Waals surface area contributed by atoms with Crippen LogP contribution < -0.4 is 10.6 Å². The lowest BCUT2D eigenvalue weighted by Gasteiger charge is -2.15. The van der Waals surface area contributed by atoms with Crippen molar-refractivity contribution in [2.45, 2.75) is 63.5 Å². The van der Waals surface area contributed by atoms with Gasteiger partial charge in [0.15, 0.2) is 11.0 Å². The van der Waals surface area contributed by atoms with E-state index in [2.05, 4.69) is 20.8 Å². The lowest BCUT2D eigenvalue weighted by molar-refractivity contribution is -0.385. The Morgan fingerprint density at radius 3 is 2.67 bits per heavy atom. The first-order chi connectivity index (χ1) is 21.7. The first kappa shape index (κ1) is 31.9.